The van der Waals surface area contributed by atoms with Crippen LogP contribution in [0.1, 0.15) is 21.6 Å². The maximum Gasteiger partial charge on any atom is 0.276 e. The molecule has 0 aliphatic rings. The molecular weight excluding hydrogens is 378 g/mol. The third kappa shape index (κ3) is 2.81. The molecule has 0 aliphatic heterocycles. The van der Waals surface area contributed by atoms with Crippen molar-refractivity contribution in [2.75, 3.05) is 5.32 Å². The van der Waals surface area contributed by atoms with Gasteiger partial charge in [-0.3, -0.25) is 14.6 Å². The van der Waals surface area contributed by atoms with Crippen LogP contribution >= 0.6 is 0 Å². The summed E-state index contributed by atoms with van der Waals surface area (Å²) in [5.74, 6) is -0.287. The summed E-state index contributed by atoms with van der Waals surface area (Å²) in [6, 6.07) is 11.7. The largest absolute Gasteiger partial charge is 0.361 e. The molecule has 1 amide bonds. The molecular formula is C22H17N7O. The second kappa shape index (κ2) is 6.60. The molecule has 0 aliphatic carbocycles. The summed E-state index contributed by atoms with van der Waals surface area (Å²) in [5.41, 5.74) is 5.77. The van der Waals surface area contributed by atoms with Crippen molar-refractivity contribution in [3.05, 3.63) is 65.7 Å². The number of aromatic nitrogens is 5. The van der Waals surface area contributed by atoms with Gasteiger partial charge in [0.1, 0.15) is 0 Å². The number of nitrogens with one attached hydrogen (secondary N) is 3. The summed E-state index contributed by atoms with van der Waals surface area (Å²) in [5, 5.41) is 25.5. The van der Waals surface area contributed by atoms with Crippen molar-refractivity contribution in [3.8, 4) is 17.2 Å². The first-order valence-corrected chi connectivity index (χ1v) is 9.34. The Kier molecular flexibility index (Phi) is 3.89. The molecule has 0 saturated carbocycles. The van der Waals surface area contributed by atoms with Crippen LogP contribution in [0.5, 0.6) is 0 Å². The lowest BCUT2D eigenvalue weighted by Gasteiger charge is -2.10. The number of rotatable bonds is 3. The first-order valence-electron chi connectivity index (χ1n) is 9.34. The quantitative estimate of drug-likeness (QED) is 0.430. The van der Waals surface area contributed by atoms with Gasteiger partial charge in [0.15, 0.2) is 5.69 Å². The molecule has 3 heterocycles. The summed E-state index contributed by atoms with van der Waals surface area (Å²) in [6.07, 6.45) is 5.32. The summed E-state index contributed by atoms with van der Waals surface area (Å²) in [6.45, 7) is 1.85. The van der Waals surface area contributed by atoms with Crippen LogP contribution in [0.15, 0.2) is 48.9 Å². The Bertz CT molecular complexity index is 1480. The van der Waals surface area contributed by atoms with Crippen LogP contribution in [0, 0.1) is 18.3 Å². The Morgan fingerprint density at radius 2 is 2.07 bits per heavy atom. The predicted octanol–water partition coefficient (Wildman–Crippen LogP) is 3.88. The fraction of sp³-hybridized carbons (Fsp3) is 0.0909. The lowest BCUT2D eigenvalue weighted by atomic mass is 9.97. The number of nitrogens with zero attached hydrogens (tertiary/aromatic N) is 4. The minimum absolute atomic E-state index is 0.287. The van der Waals surface area contributed by atoms with Gasteiger partial charge in [0.25, 0.3) is 5.91 Å². The molecule has 0 radical (unpaired) electrons. The highest BCUT2D eigenvalue weighted by atomic mass is 16.2. The number of aromatic amines is 2. The van der Waals surface area contributed by atoms with Crippen molar-refractivity contribution in [3.63, 3.8) is 0 Å². The number of H-pyrrole nitrogens is 2. The van der Waals surface area contributed by atoms with Crippen LogP contribution in [0.25, 0.3) is 32.9 Å². The molecule has 8 heteroatoms. The molecule has 0 unspecified atom stereocenters. The second-order valence-electron chi connectivity index (χ2n) is 7.22. The summed E-state index contributed by atoms with van der Waals surface area (Å²) in [7, 11) is 1.78. The average Bonchev–Trinajstić information content (AvgIpc) is 3.46. The van der Waals surface area contributed by atoms with E-state index in [2.05, 4.69) is 31.7 Å². The molecule has 5 aromatic rings. The van der Waals surface area contributed by atoms with Gasteiger partial charge in [-0.2, -0.15) is 15.5 Å². The monoisotopic (exact) mass is 395 g/mol. The van der Waals surface area contributed by atoms with Gasteiger partial charge in [0.2, 0.25) is 0 Å². The van der Waals surface area contributed by atoms with E-state index in [9.17, 15) is 10.1 Å². The van der Waals surface area contributed by atoms with E-state index in [0.717, 1.165) is 38.5 Å². The lowest BCUT2D eigenvalue weighted by Crippen LogP contribution is -2.14. The molecule has 0 spiro atoms. The number of hydrogen-bond donors (Lipinski definition) is 3. The van der Waals surface area contributed by atoms with Crippen molar-refractivity contribution in [2.24, 2.45) is 7.05 Å². The Labute approximate surface area is 171 Å². The Morgan fingerprint density at radius 1 is 1.20 bits per heavy atom. The smallest absolute Gasteiger partial charge is 0.276 e. The third-order valence-electron chi connectivity index (χ3n) is 5.14. The molecule has 3 aromatic heterocycles. The van der Waals surface area contributed by atoms with E-state index < -0.39 is 0 Å². The maximum atomic E-state index is 12.9. The summed E-state index contributed by atoms with van der Waals surface area (Å²) >= 11 is 0. The zero-order chi connectivity index (χ0) is 20.8. The zero-order valence-corrected chi connectivity index (χ0v) is 16.3. The molecule has 3 N–H and O–H groups in total. The number of amides is 1. The number of carbonyl (C=O) groups is 1. The Morgan fingerprint density at radius 3 is 2.83 bits per heavy atom. The number of benzene rings is 2. The molecule has 8 nitrogen and oxygen atoms in total. The van der Waals surface area contributed by atoms with Gasteiger partial charge in [-0.15, -0.1) is 0 Å². The van der Waals surface area contributed by atoms with E-state index in [-0.39, 0.29) is 5.91 Å². The summed E-state index contributed by atoms with van der Waals surface area (Å²) in [4.78, 5) is 16.0. The standard InChI is InChI=1S/C22H17N7O/c1-12-11-29(2)28-21(12)22(30)26-19-7-14(8-20-17(19)10-25-27-20)16-5-13(9-23)6-18-15(16)3-4-24-18/h3-8,10-11,24H,1-2H3,(H,25,27)(H,26,30). The highest BCUT2D eigenvalue weighted by Gasteiger charge is 2.17. The van der Waals surface area contributed by atoms with Crippen molar-refractivity contribution in [2.45, 2.75) is 6.92 Å². The van der Waals surface area contributed by atoms with Crippen LogP contribution in [-0.4, -0.2) is 30.9 Å². The van der Waals surface area contributed by atoms with Gasteiger partial charge in [-0.05, 0) is 48.4 Å². The van der Waals surface area contributed by atoms with Crippen LogP contribution in [0.3, 0.4) is 0 Å². The van der Waals surface area contributed by atoms with Gasteiger partial charge in [0, 0.05) is 41.3 Å². The topological polar surface area (TPSA) is 115 Å². The van der Waals surface area contributed by atoms with Crippen molar-refractivity contribution in [1.82, 2.24) is 25.0 Å². The van der Waals surface area contributed by atoms with Crippen LogP contribution < -0.4 is 5.32 Å². The van der Waals surface area contributed by atoms with Gasteiger partial charge in [-0.25, -0.2) is 0 Å². The minimum Gasteiger partial charge on any atom is -0.361 e. The number of aryl methyl sites for hydroxylation is 2. The average molecular weight is 395 g/mol. The fourth-order valence-electron chi connectivity index (χ4n) is 3.79. The van der Waals surface area contributed by atoms with E-state index >= 15 is 0 Å². The highest BCUT2D eigenvalue weighted by molar-refractivity contribution is 6.10. The zero-order valence-electron chi connectivity index (χ0n) is 16.3. The SMILES string of the molecule is Cc1cn(C)nc1C(=O)Nc1cc(-c2cc(C#N)cc3[nH]ccc23)cc2[nH]ncc12. The van der Waals surface area contributed by atoms with Crippen LogP contribution in [0.2, 0.25) is 0 Å². The molecule has 0 fully saturated rings. The van der Waals surface area contributed by atoms with Gasteiger partial charge < -0.3 is 10.3 Å². The number of fused-ring (bicyclic) bond motifs is 2. The van der Waals surface area contributed by atoms with E-state index in [1.807, 2.05) is 43.5 Å². The van der Waals surface area contributed by atoms with Crippen molar-refractivity contribution < 1.29 is 4.79 Å². The van der Waals surface area contributed by atoms with Crippen LogP contribution in [0.4, 0.5) is 5.69 Å². The van der Waals surface area contributed by atoms with Crippen molar-refractivity contribution in [1.29, 1.82) is 5.26 Å². The van der Waals surface area contributed by atoms with E-state index in [1.165, 1.54) is 0 Å². The Hall–Kier alpha value is -4.38. The molecule has 0 atom stereocenters. The number of hydrogen-bond acceptors (Lipinski definition) is 4. The number of anilines is 1. The van der Waals surface area contributed by atoms with Gasteiger partial charge >= 0.3 is 0 Å². The highest BCUT2D eigenvalue weighted by Crippen LogP contribution is 2.35. The molecule has 0 bridgehead atoms. The number of nitriles is 1. The third-order valence-corrected chi connectivity index (χ3v) is 5.14. The maximum absolute atomic E-state index is 12.9. The minimum atomic E-state index is -0.287. The van der Waals surface area contributed by atoms with Gasteiger partial charge in [-0.1, -0.05) is 0 Å². The lowest BCUT2D eigenvalue weighted by molar-refractivity contribution is 0.102. The first-order chi connectivity index (χ1) is 14.5. The normalized spacial score (nSPS) is 11.1. The summed E-state index contributed by atoms with van der Waals surface area (Å²) < 4.78 is 1.62. The second-order valence-corrected chi connectivity index (χ2v) is 7.22. The molecule has 0 saturated heterocycles. The molecule has 30 heavy (non-hydrogen) atoms. The van der Waals surface area contributed by atoms with E-state index in [0.29, 0.717) is 16.9 Å². The first kappa shape index (κ1) is 17.7. The fourth-order valence-corrected chi connectivity index (χ4v) is 3.79. The van der Waals surface area contributed by atoms with E-state index in [4.69, 9.17) is 0 Å². The molecule has 146 valence electrons. The number of carbonyl (C=O) groups excluding carboxylic acids is 1. The Balaban J connectivity index is 1.66. The van der Waals surface area contributed by atoms with Crippen LogP contribution in [-0.2, 0) is 7.05 Å². The molecule has 2 aromatic carbocycles. The molecule has 5 rings (SSSR count). The predicted molar refractivity (Wildman–Crippen MR) is 114 cm³/mol. The van der Waals surface area contributed by atoms with E-state index in [1.54, 1.807) is 24.1 Å². The van der Waals surface area contributed by atoms with Gasteiger partial charge in [0.05, 0.1) is 29.0 Å². The van der Waals surface area contributed by atoms with Crippen molar-refractivity contribution >= 4 is 33.4 Å².